The zero-order valence-corrected chi connectivity index (χ0v) is 23.9. The number of para-hydroxylation sites is 1. The van der Waals surface area contributed by atoms with Crippen LogP contribution in [0.1, 0.15) is 32.8 Å². The molecule has 3 aromatic rings. The lowest BCUT2D eigenvalue weighted by Gasteiger charge is -2.32. The summed E-state index contributed by atoms with van der Waals surface area (Å²) in [4.78, 5) is 28.1. The van der Waals surface area contributed by atoms with Crippen LogP contribution in [0.3, 0.4) is 0 Å². The van der Waals surface area contributed by atoms with Crippen molar-refractivity contribution in [2.45, 2.75) is 50.7 Å². The molecule has 202 valence electrons. The quantitative estimate of drug-likeness (QED) is 0.330. The monoisotopic (exact) mass is 603 g/mol. The Bertz CT molecular complexity index is 1350. The van der Waals surface area contributed by atoms with Crippen molar-refractivity contribution in [1.82, 2.24) is 10.2 Å². The van der Waals surface area contributed by atoms with Gasteiger partial charge in [-0.15, -0.1) is 0 Å². The second-order valence-corrected chi connectivity index (χ2v) is 11.7. The van der Waals surface area contributed by atoms with Crippen LogP contribution in [0, 0.1) is 5.82 Å². The van der Waals surface area contributed by atoms with Crippen molar-refractivity contribution < 1.29 is 22.4 Å². The molecule has 0 saturated heterocycles. The lowest BCUT2D eigenvalue weighted by molar-refractivity contribution is -0.139. The van der Waals surface area contributed by atoms with Gasteiger partial charge in [-0.25, -0.2) is 12.8 Å². The van der Waals surface area contributed by atoms with Crippen molar-refractivity contribution in [1.29, 1.82) is 0 Å². The van der Waals surface area contributed by atoms with Gasteiger partial charge < -0.3 is 10.2 Å². The van der Waals surface area contributed by atoms with E-state index in [0.29, 0.717) is 6.42 Å². The number of nitrogens with zero attached hydrogens (tertiary/aromatic N) is 2. The number of nitrogens with one attached hydrogen (secondary N) is 1. The Morgan fingerprint density at radius 1 is 0.947 bits per heavy atom. The maximum Gasteiger partial charge on any atom is 0.264 e. The van der Waals surface area contributed by atoms with Crippen LogP contribution < -0.4 is 9.62 Å². The summed E-state index contributed by atoms with van der Waals surface area (Å²) < 4.78 is 43.8. The van der Waals surface area contributed by atoms with Crippen LogP contribution in [0.15, 0.2) is 88.2 Å². The number of sulfonamides is 1. The smallest absolute Gasteiger partial charge is 0.264 e. The Morgan fingerprint density at radius 3 is 2.16 bits per heavy atom. The molecule has 10 heteroatoms. The van der Waals surface area contributed by atoms with E-state index in [4.69, 9.17) is 0 Å². The lowest BCUT2D eigenvalue weighted by Crippen LogP contribution is -2.52. The highest BCUT2D eigenvalue weighted by molar-refractivity contribution is 9.10. The van der Waals surface area contributed by atoms with Crippen molar-refractivity contribution in [2.75, 3.05) is 10.8 Å². The van der Waals surface area contributed by atoms with Gasteiger partial charge in [-0.05, 0) is 62.2 Å². The molecule has 0 spiro atoms. The highest BCUT2D eigenvalue weighted by atomic mass is 79.9. The first-order chi connectivity index (χ1) is 18.0. The minimum Gasteiger partial charge on any atom is -0.352 e. The van der Waals surface area contributed by atoms with E-state index in [2.05, 4.69) is 21.2 Å². The molecule has 0 unspecified atom stereocenters. The van der Waals surface area contributed by atoms with E-state index in [0.717, 1.165) is 20.4 Å². The summed E-state index contributed by atoms with van der Waals surface area (Å²) in [6.45, 7) is 4.74. The molecule has 0 fully saturated rings. The van der Waals surface area contributed by atoms with Crippen molar-refractivity contribution in [3.63, 3.8) is 0 Å². The first-order valence-corrected chi connectivity index (χ1v) is 14.4. The molecule has 0 aliphatic carbocycles. The van der Waals surface area contributed by atoms with Gasteiger partial charge in [0, 0.05) is 17.1 Å². The van der Waals surface area contributed by atoms with Crippen molar-refractivity contribution in [2.24, 2.45) is 0 Å². The first kappa shape index (κ1) is 29.3. The minimum atomic E-state index is -4.31. The summed E-state index contributed by atoms with van der Waals surface area (Å²) >= 11 is 3.38. The van der Waals surface area contributed by atoms with Crippen LogP contribution >= 0.6 is 15.9 Å². The first-order valence-electron chi connectivity index (χ1n) is 12.2. The van der Waals surface area contributed by atoms with Crippen molar-refractivity contribution in [3.05, 3.63) is 94.7 Å². The number of hydrogen-bond donors (Lipinski definition) is 1. The Morgan fingerprint density at radius 2 is 1.55 bits per heavy atom. The molecule has 0 radical (unpaired) electrons. The van der Waals surface area contributed by atoms with Gasteiger partial charge in [-0.3, -0.25) is 13.9 Å². The third kappa shape index (κ3) is 7.20. The van der Waals surface area contributed by atoms with Crippen LogP contribution in [0.5, 0.6) is 0 Å². The topological polar surface area (TPSA) is 86.8 Å². The molecule has 0 saturated carbocycles. The zero-order valence-electron chi connectivity index (χ0n) is 21.5. The van der Waals surface area contributed by atoms with E-state index in [-0.39, 0.29) is 29.1 Å². The summed E-state index contributed by atoms with van der Waals surface area (Å²) in [7, 11) is -4.31. The van der Waals surface area contributed by atoms with Crippen LogP contribution in [0.4, 0.5) is 10.1 Å². The second-order valence-electron chi connectivity index (χ2n) is 8.92. The van der Waals surface area contributed by atoms with E-state index in [9.17, 15) is 22.4 Å². The van der Waals surface area contributed by atoms with E-state index in [1.807, 2.05) is 26.0 Å². The average Bonchev–Trinajstić information content (AvgIpc) is 2.91. The molecule has 0 bridgehead atoms. The minimum absolute atomic E-state index is 0.0533. The molecular weight excluding hydrogens is 573 g/mol. The number of rotatable bonds is 11. The predicted molar refractivity (Wildman–Crippen MR) is 149 cm³/mol. The Balaban J connectivity index is 2.02. The molecule has 1 N–H and O–H groups in total. The van der Waals surface area contributed by atoms with Gasteiger partial charge in [0.15, 0.2) is 0 Å². The second kappa shape index (κ2) is 13.0. The zero-order chi connectivity index (χ0) is 27.9. The van der Waals surface area contributed by atoms with Crippen LogP contribution in [-0.4, -0.2) is 43.8 Å². The third-order valence-electron chi connectivity index (χ3n) is 6.17. The molecule has 0 aliphatic heterocycles. The third-order valence-corrected chi connectivity index (χ3v) is 8.47. The van der Waals surface area contributed by atoms with Gasteiger partial charge in [-0.2, -0.15) is 0 Å². The number of anilines is 1. The van der Waals surface area contributed by atoms with Gasteiger partial charge in [0.05, 0.1) is 10.6 Å². The summed E-state index contributed by atoms with van der Waals surface area (Å²) in [5.41, 5.74) is 0.484. The molecule has 3 aromatic carbocycles. The van der Waals surface area contributed by atoms with Crippen molar-refractivity contribution in [3.8, 4) is 0 Å². The fraction of sp³-hybridized carbons (Fsp3) is 0.286. The van der Waals surface area contributed by atoms with Crippen LogP contribution in [0.25, 0.3) is 0 Å². The van der Waals surface area contributed by atoms with E-state index >= 15 is 0 Å². The number of halogens is 2. The molecule has 3 rings (SSSR count). The molecule has 2 amide bonds. The molecule has 0 aromatic heterocycles. The van der Waals surface area contributed by atoms with Gasteiger partial charge >= 0.3 is 0 Å². The lowest BCUT2D eigenvalue weighted by atomic mass is 10.1. The number of amides is 2. The molecule has 38 heavy (non-hydrogen) atoms. The molecule has 7 nitrogen and oxygen atoms in total. The highest BCUT2D eigenvalue weighted by Gasteiger charge is 2.33. The predicted octanol–water partition coefficient (Wildman–Crippen LogP) is 5.12. The highest BCUT2D eigenvalue weighted by Crippen LogP contribution is 2.27. The molecule has 0 aliphatic rings. The summed E-state index contributed by atoms with van der Waals surface area (Å²) in [5.74, 6) is -1.81. The van der Waals surface area contributed by atoms with Crippen LogP contribution in [0.2, 0.25) is 0 Å². The van der Waals surface area contributed by atoms with E-state index in [1.165, 1.54) is 35.2 Å². The molecule has 0 heterocycles. The Kier molecular flexibility index (Phi) is 10.0. The number of carbonyl (C=O) groups excluding carboxylic acids is 2. The summed E-state index contributed by atoms with van der Waals surface area (Å²) in [6.07, 6.45) is 0.704. The average molecular weight is 605 g/mol. The van der Waals surface area contributed by atoms with Gasteiger partial charge in [0.2, 0.25) is 11.8 Å². The standard InChI is InChI=1S/C28H31BrFN3O4S/c1-4-20(2)31-28(35)21(3)32(18-22-14-16-23(29)17-15-22)27(34)19-33(26-13-9-8-12-25(26)30)38(36,37)24-10-6-5-7-11-24/h5-17,20-21H,4,18-19H2,1-3H3,(H,31,35)/t20-,21-/m1/s1. The number of carbonyl (C=O) groups is 2. The molecular formula is C28H31BrFN3O4S. The molecule has 2 atom stereocenters. The summed E-state index contributed by atoms with van der Waals surface area (Å²) in [6, 6.07) is 19.1. The number of hydrogen-bond acceptors (Lipinski definition) is 4. The van der Waals surface area contributed by atoms with E-state index < -0.39 is 34.3 Å². The van der Waals surface area contributed by atoms with Gasteiger partial charge in [-0.1, -0.05) is 65.3 Å². The van der Waals surface area contributed by atoms with E-state index in [1.54, 1.807) is 37.3 Å². The fourth-order valence-electron chi connectivity index (χ4n) is 3.72. The van der Waals surface area contributed by atoms with Crippen LogP contribution in [-0.2, 0) is 26.2 Å². The maximum atomic E-state index is 14.9. The van der Waals surface area contributed by atoms with Crippen molar-refractivity contribution >= 4 is 43.5 Å². The maximum absolute atomic E-state index is 14.9. The Labute approximate surface area is 231 Å². The fourth-order valence-corrected chi connectivity index (χ4v) is 5.43. The normalized spacial score (nSPS) is 12.9. The van der Waals surface area contributed by atoms with Gasteiger partial charge in [0.25, 0.3) is 10.0 Å². The summed E-state index contributed by atoms with van der Waals surface area (Å²) in [5, 5.41) is 2.88. The Hall–Kier alpha value is -3.24. The van der Waals surface area contributed by atoms with Gasteiger partial charge in [0.1, 0.15) is 18.4 Å². The SMILES string of the molecule is CC[C@@H](C)NC(=O)[C@@H](C)N(Cc1ccc(Br)cc1)C(=O)CN(c1ccccc1F)S(=O)(=O)c1ccccc1. The number of benzene rings is 3. The largest absolute Gasteiger partial charge is 0.352 e.